The van der Waals surface area contributed by atoms with Crippen LogP contribution in [0, 0.1) is 12.3 Å². The maximum atomic E-state index is 5.98. The number of aryl methyl sites for hydroxylation is 2. The van der Waals surface area contributed by atoms with E-state index in [9.17, 15) is 0 Å². The molecule has 0 fully saturated rings. The van der Waals surface area contributed by atoms with Gasteiger partial charge in [-0.05, 0) is 26.4 Å². The Balaban J connectivity index is 2.67. The van der Waals surface area contributed by atoms with Crippen molar-refractivity contribution in [1.82, 2.24) is 14.7 Å². The quantitative estimate of drug-likeness (QED) is 0.813. The number of nitrogens with two attached hydrogens (primary N) is 1. The highest BCUT2D eigenvalue weighted by Gasteiger charge is 2.20. The first-order valence-corrected chi connectivity index (χ1v) is 5.90. The Bertz CT molecular complexity index is 378. The molecule has 0 saturated heterocycles. The van der Waals surface area contributed by atoms with Crippen LogP contribution in [0.2, 0.25) is 0 Å². The fourth-order valence-corrected chi connectivity index (χ4v) is 2.12. The maximum absolute atomic E-state index is 5.98. The second-order valence-electron chi connectivity index (χ2n) is 5.73. The first kappa shape index (κ1) is 13.8. The van der Waals surface area contributed by atoms with E-state index in [0.717, 1.165) is 30.3 Å². The molecule has 17 heavy (non-hydrogen) atoms. The number of rotatable bonds is 5. The van der Waals surface area contributed by atoms with Crippen LogP contribution in [0.5, 0.6) is 0 Å². The van der Waals surface area contributed by atoms with Crippen molar-refractivity contribution in [2.24, 2.45) is 12.5 Å². The fraction of sp³-hybridized carbons (Fsp3) is 0.750. The molecule has 0 aliphatic heterocycles. The normalized spacial score (nSPS) is 12.2. The Kier molecular flexibility index (Phi) is 4.03. The zero-order valence-corrected chi connectivity index (χ0v) is 11.8. The van der Waals surface area contributed by atoms with Crippen molar-refractivity contribution in [3.05, 3.63) is 5.69 Å². The molecule has 1 aromatic heterocycles. The summed E-state index contributed by atoms with van der Waals surface area (Å²) in [5, 5.41) is 7.69. The van der Waals surface area contributed by atoms with Gasteiger partial charge in [0, 0.05) is 20.1 Å². The Morgan fingerprint density at radius 3 is 2.41 bits per heavy atom. The van der Waals surface area contributed by atoms with Gasteiger partial charge in [-0.1, -0.05) is 13.8 Å². The van der Waals surface area contributed by atoms with Crippen LogP contribution < -0.4 is 11.1 Å². The number of aromatic nitrogens is 2. The molecule has 0 spiro atoms. The third-order valence-corrected chi connectivity index (χ3v) is 2.75. The molecule has 0 radical (unpaired) electrons. The summed E-state index contributed by atoms with van der Waals surface area (Å²) in [5.41, 5.74) is 7.79. The summed E-state index contributed by atoms with van der Waals surface area (Å²) in [7, 11) is 6.08. The first-order chi connectivity index (χ1) is 7.73. The van der Waals surface area contributed by atoms with E-state index < -0.39 is 0 Å². The van der Waals surface area contributed by atoms with E-state index in [4.69, 9.17) is 5.73 Å². The number of nitrogens with zero attached hydrogens (tertiary/aromatic N) is 3. The van der Waals surface area contributed by atoms with Crippen molar-refractivity contribution in [2.75, 3.05) is 38.2 Å². The highest BCUT2D eigenvalue weighted by Crippen LogP contribution is 2.23. The van der Waals surface area contributed by atoms with Gasteiger partial charge < -0.3 is 16.0 Å². The minimum absolute atomic E-state index is 0.189. The van der Waals surface area contributed by atoms with Crippen LogP contribution in [0.25, 0.3) is 0 Å². The molecule has 0 atom stereocenters. The maximum Gasteiger partial charge on any atom is 0.147 e. The molecule has 0 bridgehead atoms. The zero-order chi connectivity index (χ0) is 13.2. The summed E-state index contributed by atoms with van der Waals surface area (Å²) < 4.78 is 1.80. The lowest BCUT2D eigenvalue weighted by Crippen LogP contribution is -2.34. The summed E-state index contributed by atoms with van der Waals surface area (Å²) in [6, 6.07) is 0. The molecule has 0 aromatic carbocycles. The van der Waals surface area contributed by atoms with Gasteiger partial charge in [0.2, 0.25) is 0 Å². The van der Waals surface area contributed by atoms with E-state index in [-0.39, 0.29) is 5.41 Å². The summed E-state index contributed by atoms with van der Waals surface area (Å²) in [4.78, 5) is 2.19. The summed E-state index contributed by atoms with van der Waals surface area (Å²) in [6.07, 6.45) is 0. The molecular weight excluding hydrogens is 214 g/mol. The fourth-order valence-electron chi connectivity index (χ4n) is 2.12. The van der Waals surface area contributed by atoms with Crippen molar-refractivity contribution < 1.29 is 0 Å². The monoisotopic (exact) mass is 239 g/mol. The van der Waals surface area contributed by atoms with E-state index in [1.54, 1.807) is 4.68 Å². The van der Waals surface area contributed by atoms with Gasteiger partial charge in [-0.3, -0.25) is 4.68 Å². The van der Waals surface area contributed by atoms with Crippen LogP contribution in [-0.4, -0.2) is 41.9 Å². The van der Waals surface area contributed by atoms with Crippen molar-refractivity contribution >= 4 is 11.5 Å². The van der Waals surface area contributed by atoms with Gasteiger partial charge >= 0.3 is 0 Å². The molecule has 1 aromatic rings. The van der Waals surface area contributed by atoms with E-state index in [1.165, 1.54) is 0 Å². The topological polar surface area (TPSA) is 59.1 Å². The van der Waals surface area contributed by atoms with Gasteiger partial charge in [0.25, 0.3) is 0 Å². The lowest BCUT2D eigenvalue weighted by atomic mass is 9.93. The highest BCUT2D eigenvalue weighted by molar-refractivity contribution is 5.64. The molecule has 1 heterocycles. The van der Waals surface area contributed by atoms with Crippen molar-refractivity contribution in [3.8, 4) is 0 Å². The number of nitrogens with one attached hydrogen (secondary N) is 1. The van der Waals surface area contributed by atoms with E-state index >= 15 is 0 Å². The molecular formula is C12H25N5. The minimum Gasteiger partial charge on any atom is -0.394 e. The predicted octanol–water partition coefficient (Wildman–Crippen LogP) is 1.31. The minimum atomic E-state index is 0.189. The third-order valence-electron chi connectivity index (χ3n) is 2.75. The van der Waals surface area contributed by atoms with Gasteiger partial charge in [0.15, 0.2) is 0 Å². The number of anilines is 2. The van der Waals surface area contributed by atoms with Crippen LogP contribution in [0.15, 0.2) is 0 Å². The number of nitrogen functional groups attached to an aromatic ring is 1. The van der Waals surface area contributed by atoms with E-state index in [0.29, 0.717) is 0 Å². The highest BCUT2D eigenvalue weighted by atomic mass is 15.3. The van der Waals surface area contributed by atoms with Crippen molar-refractivity contribution in [3.63, 3.8) is 0 Å². The van der Waals surface area contributed by atoms with Crippen molar-refractivity contribution in [2.45, 2.75) is 20.8 Å². The van der Waals surface area contributed by atoms with Gasteiger partial charge in [-0.25, -0.2) is 0 Å². The lowest BCUT2D eigenvalue weighted by molar-refractivity contribution is 0.254. The Labute approximate surface area is 104 Å². The second kappa shape index (κ2) is 4.96. The average Bonchev–Trinajstić information content (AvgIpc) is 2.37. The number of hydrogen-bond acceptors (Lipinski definition) is 4. The van der Waals surface area contributed by atoms with Gasteiger partial charge in [-0.2, -0.15) is 5.10 Å². The summed E-state index contributed by atoms with van der Waals surface area (Å²) >= 11 is 0. The van der Waals surface area contributed by atoms with Gasteiger partial charge in [0.1, 0.15) is 5.82 Å². The van der Waals surface area contributed by atoms with Crippen LogP contribution in [-0.2, 0) is 7.05 Å². The zero-order valence-electron chi connectivity index (χ0n) is 11.8. The molecule has 0 aliphatic carbocycles. The molecule has 0 unspecified atom stereocenters. The van der Waals surface area contributed by atoms with Crippen LogP contribution in [0.1, 0.15) is 19.5 Å². The lowest BCUT2D eigenvalue weighted by Gasteiger charge is -2.28. The van der Waals surface area contributed by atoms with Crippen LogP contribution in [0.3, 0.4) is 0 Å². The third kappa shape index (κ3) is 3.63. The molecule has 5 heteroatoms. The van der Waals surface area contributed by atoms with Crippen LogP contribution >= 0.6 is 0 Å². The smallest absolute Gasteiger partial charge is 0.147 e. The van der Waals surface area contributed by atoms with Gasteiger partial charge in [0.05, 0.1) is 11.4 Å². The van der Waals surface area contributed by atoms with Crippen LogP contribution in [0.4, 0.5) is 11.5 Å². The molecule has 0 saturated carbocycles. The first-order valence-electron chi connectivity index (χ1n) is 5.90. The molecule has 3 N–H and O–H groups in total. The summed E-state index contributed by atoms with van der Waals surface area (Å²) in [6.45, 7) is 8.29. The molecule has 5 nitrogen and oxygen atoms in total. The van der Waals surface area contributed by atoms with E-state index in [2.05, 4.69) is 43.3 Å². The average molecular weight is 239 g/mol. The Hall–Kier alpha value is -1.23. The SMILES string of the molecule is Cc1nn(C)c(NCC(C)(C)CN(C)C)c1N. The standard InChI is InChI=1S/C12H25N5/c1-9-10(13)11(17(6)15-9)14-7-12(2,3)8-16(4)5/h14H,7-8,13H2,1-6H3. The molecule has 0 aliphatic rings. The second-order valence-corrected chi connectivity index (χ2v) is 5.73. The predicted molar refractivity (Wildman–Crippen MR) is 73.2 cm³/mol. The number of hydrogen-bond donors (Lipinski definition) is 2. The Morgan fingerprint density at radius 2 is 2.00 bits per heavy atom. The van der Waals surface area contributed by atoms with Crippen molar-refractivity contribution in [1.29, 1.82) is 0 Å². The molecule has 98 valence electrons. The van der Waals surface area contributed by atoms with Gasteiger partial charge in [-0.15, -0.1) is 0 Å². The largest absolute Gasteiger partial charge is 0.394 e. The summed E-state index contributed by atoms with van der Waals surface area (Å²) in [5.74, 6) is 0.911. The molecule has 1 rings (SSSR count). The Morgan fingerprint density at radius 1 is 1.41 bits per heavy atom. The molecule has 0 amide bonds. The van der Waals surface area contributed by atoms with E-state index in [1.807, 2.05) is 14.0 Å².